The SMILES string of the molecule is Cc1ccc(-c2cn(-c3ccc(-c4ccc(-c5cn(-c6ccc(OCCC(C)(C)O)cc6)c6c(=O)[nH]cnc56)cn4)cc3)c3c(=O)[nH]cnc23)cn1. The molecule has 0 radical (unpaired) electrons. The largest absolute Gasteiger partial charge is 0.493 e. The predicted molar refractivity (Wildman–Crippen MR) is 200 cm³/mol. The minimum Gasteiger partial charge on any atom is -0.493 e. The average molecular weight is 691 g/mol. The van der Waals surface area contributed by atoms with E-state index >= 15 is 0 Å². The first-order valence-electron chi connectivity index (χ1n) is 16.8. The Balaban J connectivity index is 1.08. The second kappa shape index (κ2) is 12.9. The Morgan fingerprint density at radius 1 is 0.673 bits per heavy atom. The summed E-state index contributed by atoms with van der Waals surface area (Å²) in [5.41, 5.74) is 8.09. The van der Waals surface area contributed by atoms with Crippen LogP contribution in [0, 0.1) is 6.92 Å². The van der Waals surface area contributed by atoms with E-state index in [0.717, 1.165) is 50.6 Å². The van der Waals surface area contributed by atoms with Gasteiger partial charge in [0.05, 0.1) is 30.6 Å². The zero-order chi connectivity index (χ0) is 36.0. The van der Waals surface area contributed by atoms with Gasteiger partial charge in [0.15, 0.2) is 0 Å². The first kappa shape index (κ1) is 32.5. The van der Waals surface area contributed by atoms with Crippen molar-refractivity contribution < 1.29 is 9.84 Å². The Labute approximate surface area is 297 Å². The number of H-pyrrole nitrogens is 2. The van der Waals surface area contributed by atoms with Gasteiger partial charge in [0, 0.05) is 76.1 Å². The van der Waals surface area contributed by atoms with Crippen LogP contribution in [0.3, 0.4) is 0 Å². The summed E-state index contributed by atoms with van der Waals surface area (Å²) >= 11 is 0. The van der Waals surface area contributed by atoms with E-state index in [9.17, 15) is 14.7 Å². The van der Waals surface area contributed by atoms with Gasteiger partial charge in [0.2, 0.25) is 0 Å². The summed E-state index contributed by atoms with van der Waals surface area (Å²) in [5.74, 6) is 0.668. The van der Waals surface area contributed by atoms with Crippen molar-refractivity contribution in [3.05, 3.63) is 137 Å². The van der Waals surface area contributed by atoms with Crippen LogP contribution in [0.5, 0.6) is 5.75 Å². The summed E-state index contributed by atoms with van der Waals surface area (Å²) in [6.07, 6.45) is 10.7. The van der Waals surface area contributed by atoms with Crippen molar-refractivity contribution in [3.8, 4) is 50.6 Å². The monoisotopic (exact) mass is 690 g/mol. The second-order valence-electron chi connectivity index (χ2n) is 13.3. The minimum atomic E-state index is -0.808. The summed E-state index contributed by atoms with van der Waals surface area (Å²) in [6, 6.07) is 23.1. The van der Waals surface area contributed by atoms with E-state index in [1.807, 2.05) is 101 Å². The Hall–Kier alpha value is -6.66. The molecule has 2 aromatic carbocycles. The zero-order valence-corrected chi connectivity index (χ0v) is 28.7. The van der Waals surface area contributed by atoms with Crippen LogP contribution in [0.25, 0.3) is 67.0 Å². The lowest BCUT2D eigenvalue weighted by atomic mass is 10.1. The molecule has 0 atom stereocenters. The van der Waals surface area contributed by atoms with Crippen LogP contribution in [0.15, 0.2) is 120 Å². The van der Waals surface area contributed by atoms with Crippen molar-refractivity contribution in [2.24, 2.45) is 0 Å². The number of nitrogens with one attached hydrogen (secondary N) is 2. The smallest absolute Gasteiger partial charge is 0.275 e. The molecule has 0 amide bonds. The molecule has 0 saturated carbocycles. The lowest BCUT2D eigenvalue weighted by Gasteiger charge is -2.17. The van der Waals surface area contributed by atoms with Crippen LogP contribution in [-0.2, 0) is 0 Å². The predicted octanol–water partition coefficient (Wildman–Crippen LogP) is 6.38. The van der Waals surface area contributed by atoms with E-state index < -0.39 is 5.60 Å². The molecular formula is C40H34N8O4. The summed E-state index contributed by atoms with van der Waals surface area (Å²) in [7, 11) is 0. The van der Waals surface area contributed by atoms with Gasteiger partial charge in [-0.3, -0.25) is 19.6 Å². The van der Waals surface area contributed by atoms with E-state index in [4.69, 9.17) is 9.72 Å². The van der Waals surface area contributed by atoms with Crippen molar-refractivity contribution in [3.63, 3.8) is 0 Å². The number of pyridine rings is 2. The molecule has 0 aliphatic rings. The molecule has 258 valence electrons. The highest BCUT2D eigenvalue weighted by atomic mass is 16.5. The van der Waals surface area contributed by atoms with Crippen LogP contribution in [0.1, 0.15) is 26.0 Å². The Morgan fingerprint density at radius 3 is 1.69 bits per heavy atom. The third-order valence-corrected chi connectivity index (χ3v) is 9.00. The van der Waals surface area contributed by atoms with Gasteiger partial charge in [-0.15, -0.1) is 0 Å². The summed E-state index contributed by atoms with van der Waals surface area (Å²) in [6.45, 7) is 5.80. The van der Waals surface area contributed by atoms with E-state index in [-0.39, 0.29) is 11.1 Å². The number of hydrogen-bond donors (Lipinski definition) is 3. The van der Waals surface area contributed by atoms with Gasteiger partial charge in [0.25, 0.3) is 11.1 Å². The lowest BCUT2D eigenvalue weighted by Crippen LogP contribution is -2.21. The number of aliphatic hydroxyl groups is 1. The zero-order valence-electron chi connectivity index (χ0n) is 28.7. The molecule has 0 saturated heterocycles. The number of ether oxygens (including phenoxy) is 1. The Kier molecular flexibility index (Phi) is 8.07. The highest BCUT2D eigenvalue weighted by molar-refractivity contribution is 5.94. The molecule has 3 N–H and O–H groups in total. The maximum Gasteiger partial charge on any atom is 0.275 e. The third kappa shape index (κ3) is 6.16. The minimum absolute atomic E-state index is 0.236. The van der Waals surface area contributed by atoms with Crippen LogP contribution in [-0.4, -0.2) is 56.4 Å². The first-order valence-corrected chi connectivity index (χ1v) is 16.8. The molecule has 12 nitrogen and oxygen atoms in total. The van der Waals surface area contributed by atoms with Gasteiger partial charge in [-0.25, -0.2) is 9.97 Å². The fraction of sp³-hybridized carbons (Fsp3) is 0.150. The van der Waals surface area contributed by atoms with Crippen LogP contribution in [0.2, 0.25) is 0 Å². The lowest BCUT2D eigenvalue weighted by molar-refractivity contribution is 0.0553. The number of nitrogens with zero attached hydrogens (tertiary/aromatic N) is 6. The molecule has 0 aliphatic heterocycles. The maximum atomic E-state index is 13.1. The molecule has 0 aliphatic carbocycles. The van der Waals surface area contributed by atoms with Crippen LogP contribution < -0.4 is 15.9 Å². The number of fused-ring (bicyclic) bond motifs is 2. The molecule has 0 bridgehead atoms. The number of benzene rings is 2. The first-order chi connectivity index (χ1) is 25.1. The van der Waals surface area contributed by atoms with E-state index in [1.54, 1.807) is 26.2 Å². The number of aromatic amines is 2. The molecule has 0 fully saturated rings. The topological polar surface area (TPSA) is 157 Å². The molecular weight excluding hydrogens is 656 g/mol. The third-order valence-electron chi connectivity index (χ3n) is 9.00. The molecule has 6 heterocycles. The number of aryl methyl sites for hydroxylation is 1. The van der Waals surface area contributed by atoms with Gasteiger partial charge < -0.3 is 28.9 Å². The number of hydrogen-bond acceptors (Lipinski definition) is 8. The Morgan fingerprint density at radius 2 is 1.19 bits per heavy atom. The fourth-order valence-corrected chi connectivity index (χ4v) is 6.23. The van der Waals surface area contributed by atoms with Gasteiger partial charge in [-0.1, -0.05) is 24.3 Å². The number of aromatic nitrogens is 8. The molecule has 8 aromatic rings. The Bertz CT molecular complexity index is 2670. The van der Waals surface area contributed by atoms with Crippen molar-refractivity contribution in [2.45, 2.75) is 32.8 Å². The summed E-state index contributed by atoms with van der Waals surface area (Å²) in [4.78, 5) is 49.7. The maximum absolute atomic E-state index is 13.1. The van der Waals surface area contributed by atoms with Gasteiger partial charge >= 0.3 is 0 Å². The quantitative estimate of drug-likeness (QED) is 0.158. The normalized spacial score (nSPS) is 11.8. The van der Waals surface area contributed by atoms with Gasteiger partial charge in [-0.2, -0.15) is 0 Å². The van der Waals surface area contributed by atoms with Gasteiger partial charge in [0.1, 0.15) is 27.8 Å². The fourth-order valence-electron chi connectivity index (χ4n) is 6.23. The molecule has 0 spiro atoms. The molecule has 12 heteroatoms. The van der Waals surface area contributed by atoms with Crippen LogP contribution >= 0.6 is 0 Å². The van der Waals surface area contributed by atoms with Crippen molar-refractivity contribution in [2.75, 3.05) is 6.61 Å². The molecule has 6 aromatic heterocycles. The standard InChI is InChI=1S/C40H34N8O4/c1-24-4-5-26(18-41-24)31-20-47(36-34(31)43-22-45-38(36)49)28-9-6-25(7-10-28)33-15-8-27(19-42-33)32-21-48(37-35(32)44-23-46-39(37)50)29-11-13-30(14-12-29)52-17-16-40(2,3)51/h4-15,18-23,51H,16-17H2,1-3H3,(H,43,45,49)(H,44,46,50). The molecule has 8 rings (SSSR count). The highest BCUT2D eigenvalue weighted by Crippen LogP contribution is 2.33. The van der Waals surface area contributed by atoms with E-state index in [1.165, 1.54) is 12.7 Å². The van der Waals surface area contributed by atoms with Gasteiger partial charge in [-0.05, 0) is 69.3 Å². The van der Waals surface area contributed by atoms with Crippen LogP contribution in [0.4, 0.5) is 0 Å². The molecule has 52 heavy (non-hydrogen) atoms. The molecule has 0 unspecified atom stereocenters. The summed E-state index contributed by atoms with van der Waals surface area (Å²) < 4.78 is 9.46. The average Bonchev–Trinajstić information content (AvgIpc) is 3.73. The number of rotatable bonds is 9. The summed E-state index contributed by atoms with van der Waals surface area (Å²) in [5, 5.41) is 9.97. The van der Waals surface area contributed by atoms with E-state index in [2.05, 4.69) is 24.9 Å². The van der Waals surface area contributed by atoms with Crippen molar-refractivity contribution in [1.29, 1.82) is 0 Å². The second-order valence-corrected chi connectivity index (χ2v) is 13.3. The van der Waals surface area contributed by atoms with Crippen molar-refractivity contribution >= 4 is 22.1 Å². The highest BCUT2D eigenvalue weighted by Gasteiger charge is 2.19. The van der Waals surface area contributed by atoms with E-state index in [0.29, 0.717) is 40.8 Å². The van der Waals surface area contributed by atoms with Crippen molar-refractivity contribution in [1.82, 2.24) is 39.0 Å².